The number of nitrogens with one attached hydrogen (secondary N) is 1. The highest BCUT2D eigenvalue weighted by molar-refractivity contribution is 5.95. The van der Waals surface area contributed by atoms with Gasteiger partial charge in [0.25, 0.3) is 5.91 Å². The first-order valence-electron chi connectivity index (χ1n) is 11.1. The molecule has 168 valence electrons. The van der Waals surface area contributed by atoms with Crippen LogP contribution in [-0.2, 0) is 0 Å². The number of carbonyl (C=O) groups is 1. The van der Waals surface area contributed by atoms with Gasteiger partial charge in [-0.15, -0.1) is 0 Å². The van der Waals surface area contributed by atoms with Crippen molar-refractivity contribution in [3.8, 4) is 17.2 Å². The molecule has 2 aromatic carbocycles. The third-order valence-corrected chi connectivity index (χ3v) is 5.69. The molecule has 1 aliphatic heterocycles. The predicted octanol–water partition coefficient (Wildman–Crippen LogP) is 4.45. The fraction of sp³-hybridized carbons (Fsp3) is 0.480. The summed E-state index contributed by atoms with van der Waals surface area (Å²) in [6.45, 7) is 5.34. The van der Waals surface area contributed by atoms with Gasteiger partial charge in [0.05, 0.1) is 26.9 Å². The maximum Gasteiger partial charge on any atom is 0.251 e. The molecule has 0 aliphatic carbocycles. The van der Waals surface area contributed by atoms with Crippen molar-refractivity contribution in [2.75, 3.05) is 40.5 Å². The number of amides is 1. The minimum absolute atomic E-state index is 0.156. The Morgan fingerprint density at radius 1 is 1.06 bits per heavy atom. The van der Waals surface area contributed by atoms with Gasteiger partial charge in [-0.2, -0.15) is 0 Å². The Kier molecular flexibility index (Phi) is 8.59. The first-order chi connectivity index (χ1) is 15.2. The Morgan fingerprint density at radius 2 is 1.71 bits per heavy atom. The van der Waals surface area contributed by atoms with Crippen molar-refractivity contribution in [3.05, 3.63) is 53.6 Å². The summed E-state index contributed by atoms with van der Waals surface area (Å²) in [7, 11) is 3.14. The summed E-state index contributed by atoms with van der Waals surface area (Å²) in [5, 5.41) is 3.12. The van der Waals surface area contributed by atoms with Crippen LogP contribution in [0.25, 0.3) is 0 Å². The van der Waals surface area contributed by atoms with E-state index in [-0.39, 0.29) is 11.9 Å². The zero-order chi connectivity index (χ0) is 22.1. The molecule has 31 heavy (non-hydrogen) atoms. The Balaban J connectivity index is 1.75. The van der Waals surface area contributed by atoms with Crippen LogP contribution in [0.5, 0.6) is 17.2 Å². The van der Waals surface area contributed by atoms with Gasteiger partial charge in [0, 0.05) is 12.1 Å². The molecular weight excluding hydrogens is 392 g/mol. The van der Waals surface area contributed by atoms with E-state index in [0.29, 0.717) is 36.0 Å². The minimum Gasteiger partial charge on any atom is -0.493 e. The average Bonchev–Trinajstić information content (AvgIpc) is 3.34. The molecule has 1 N–H and O–H groups in total. The minimum atomic E-state index is -0.156. The summed E-state index contributed by atoms with van der Waals surface area (Å²) in [5.41, 5.74) is 1.71. The van der Waals surface area contributed by atoms with E-state index in [0.717, 1.165) is 25.9 Å². The Bertz CT molecular complexity index is 810. The number of unbranched alkanes of at least 4 members (excludes halogenated alkanes) is 1. The Hall–Kier alpha value is -2.73. The van der Waals surface area contributed by atoms with E-state index in [2.05, 4.69) is 29.3 Å². The van der Waals surface area contributed by atoms with Gasteiger partial charge in [-0.05, 0) is 50.0 Å². The molecule has 0 radical (unpaired) electrons. The number of carbonyl (C=O) groups excluding carboxylic acids is 1. The van der Waals surface area contributed by atoms with Crippen LogP contribution in [-0.4, -0.2) is 51.3 Å². The quantitative estimate of drug-likeness (QED) is 0.538. The molecule has 6 nitrogen and oxygen atoms in total. The van der Waals surface area contributed by atoms with Crippen LogP contribution in [0.2, 0.25) is 0 Å². The van der Waals surface area contributed by atoms with Crippen LogP contribution in [0.3, 0.4) is 0 Å². The maximum absolute atomic E-state index is 13.0. The number of rotatable bonds is 11. The summed E-state index contributed by atoms with van der Waals surface area (Å²) >= 11 is 0. The third kappa shape index (κ3) is 5.91. The normalized spacial score (nSPS) is 14.8. The molecule has 1 aliphatic rings. The number of methoxy groups -OCH3 is 2. The molecule has 1 atom stereocenters. The molecule has 1 saturated heterocycles. The number of benzene rings is 2. The van der Waals surface area contributed by atoms with Crippen molar-refractivity contribution >= 4 is 5.91 Å². The molecule has 6 heteroatoms. The maximum atomic E-state index is 13.0. The van der Waals surface area contributed by atoms with E-state index in [1.54, 1.807) is 26.4 Å². The molecule has 1 fully saturated rings. The number of nitrogens with zero attached hydrogens (tertiary/aromatic N) is 1. The molecule has 2 aromatic rings. The molecule has 0 bridgehead atoms. The van der Waals surface area contributed by atoms with Gasteiger partial charge in [0.2, 0.25) is 5.75 Å². The molecule has 0 aromatic heterocycles. The fourth-order valence-corrected chi connectivity index (χ4v) is 3.95. The standard InChI is InChI=1S/C25H34N2O4/c1-4-5-15-31-24-22(29-2)16-20(17-23(24)30-3)25(28)26-18-21(27-13-9-10-14-27)19-11-7-6-8-12-19/h6-8,11-12,16-17,21H,4-5,9-10,13-15,18H2,1-3H3,(H,26,28). The van der Waals surface area contributed by atoms with Crippen molar-refractivity contribution in [1.82, 2.24) is 10.2 Å². The van der Waals surface area contributed by atoms with E-state index in [9.17, 15) is 4.79 Å². The second kappa shape index (κ2) is 11.6. The predicted molar refractivity (Wildman–Crippen MR) is 122 cm³/mol. The summed E-state index contributed by atoms with van der Waals surface area (Å²) in [6.07, 6.45) is 4.37. The topological polar surface area (TPSA) is 60.0 Å². The smallest absolute Gasteiger partial charge is 0.251 e. The molecule has 3 rings (SSSR count). The zero-order valence-electron chi connectivity index (χ0n) is 18.9. The number of hydrogen-bond donors (Lipinski definition) is 1. The average molecular weight is 427 g/mol. The van der Waals surface area contributed by atoms with Crippen LogP contribution in [0.1, 0.15) is 54.6 Å². The molecule has 1 amide bonds. The van der Waals surface area contributed by atoms with Gasteiger partial charge in [-0.1, -0.05) is 43.7 Å². The summed E-state index contributed by atoms with van der Waals surface area (Å²) in [5.74, 6) is 1.38. The van der Waals surface area contributed by atoms with Crippen LogP contribution in [0.4, 0.5) is 0 Å². The Morgan fingerprint density at radius 3 is 2.29 bits per heavy atom. The van der Waals surface area contributed by atoms with E-state index in [1.807, 2.05) is 18.2 Å². The first-order valence-corrected chi connectivity index (χ1v) is 11.1. The largest absolute Gasteiger partial charge is 0.493 e. The van der Waals surface area contributed by atoms with Crippen LogP contribution in [0, 0.1) is 0 Å². The monoisotopic (exact) mass is 426 g/mol. The van der Waals surface area contributed by atoms with E-state index in [4.69, 9.17) is 14.2 Å². The summed E-state index contributed by atoms with van der Waals surface area (Å²) < 4.78 is 16.8. The second-order valence-corrected chi connectivity index (χ2v) is 7.79. The van der Waals surface area contributed by atoms with Gasteiger partial charge in [-0.3, -0.25) is 9.69 Å². The van der Waals surface area contributed by atoms with Gasteiger partial charge < -0.3 is 19.5 Å². The van der Waals surface area contributed by atoms with Gasteiger partial charge in [0.15, 0.2) is 11.5 Å². The Labute approximate surface area is 185 Å². The highest BCUT2D eigenvalue weighted by atomic mass is 16.5. The van der Waals surface area contributed by atoms with E-state index < -0.39 is 0 Å². The lowest BCUT2D eigenvalue weighted by molar-refractivity contribution is 0.0937. The lowest BCUT2D eigenvalue weighted by atomic mass is 10.1. The van der Waals surface area contributed by atoms with Crippen molar-refractivity contribution in [2.24, 2.45) is 0 Å². The lowest BCUT2D eigenvalue weighted by Gasteiger charge is -2.28. The summed E-state index contributed by atoms with van der Waals surface area (Å²) in [6, 6.07) is 14.0. The highest BCUT2D eigenvalue weighted by Gasteiger charge is 2.24. The van der Waals surface area contributed by atoms with Gasteiger partial charge in [0.1, 0.15) is 0 Å². The highest BCUT2D eigenvalue weighted by Crippen LogP contribution is 2.38. The van der Waals surface area contributed by atoms with E-state index in [1.165, 1.54) is 18.4 Å². The molecule has 0 spiro atoms. The van der Waals surface area contributed by atoms with Crippen LogP contribution in [0.15, 0.2) is 42.5 Å². The lowest BCUT2D eigenvalue weighted by Crippen LogP contribution is -2.36. The van der Waals surface area contributed by atoms with Crippen LogP contribution >= 0.6 is 0 Å². The SMILES string of the molecule is CCCCOc1c(OC)cc(C(=O)NCC(c2ccccc2)N2CCCC2)cc1OC. The van der Waals surface area contributed by atoms with Crippen molar-refractivity contribution < 1.29 is 19.0 Å². The third-order valence-electron chi connectivity index (χ3n) is 5.69. The van der Waals surface area contributed by atoms with Crippen molar-refractivity contribution in [2.45, 2.75) is 38.6 Å². The second-order valence-electron chi connectivity index (χ2n) is 7.79. The zero-order valence-corrected chi connectivity index (χ0v) is 18.9. The number of ether oxygens (including phenoxy) is 3. The fourth-order valence-electron chi connectivity index (χ4n) is 3.95. The first kappa shape index (κ1) is 22.9. The summed E-state index contributed by atoms with van der Waals surface area (Å²) in [4.78, 5) is 15.5. The van der Waals surface area contributed by atoms with Gasteiger partial charge >= 0.3 is 0 Å². The van der Waals surface area contributed by atoms with E-state index >= 15 is 0 Å². The number of hydrogen-bond acceptors (Lipinski definition) is 5. The molecule has 0 saturated carbocycles. The molecule has 1 unspecified atom stereocenters. The molecule has 1 heterocycles. The van der Waals surface area contributed by atoms with Crippen LogP contribution < -0.4 is 19.5 Å². The van der Waals surface area contributed by atoms with Crippen molar-refractivity contribution in [1.29, 1.82) is 0 Å². The van der Waals surface area contributed by atoms with Gasteiger partial charge in [-0.25, -0.2) is 0 Å². The molecular formula is C25H34N2O4. The van der Waals surface area contributed by atoms with Crippen molar-refractivity contribution in [3.63, 3.8) is 0 Å². The number of likely N-dealkylation sites (tertiary alicyclic amines) is 1.